The van der Waals surface area contributed by atoms with Crippen molar-refractivity contribution >= 4 is 21.9 Å². The molecule has 19 heavy (non-hydrogen) atoms. The van der Waals surface area contributed by atoms with Gasteiger partial charge in [-0.25, -0.2) is 4.39 Å². The first-order valence-corrected chi connectivity index (χ1v) is 6.87. The molecule has 0 aromatic heterocycles. The number of rotatable bonds is 2. The smallest absolute Gasteiger partial charge is 0.314 e. The van der Waals surface area contributed by atoms with Crippen molar-refractivity contribution in [3.8, 4) is 11.5 Å². The van der Waals surface area contributed by atoms with Crippen LogP contribution >= 0.6 is 15.9 Å². The van der Waals surface area contributed by atoms with Crippen LogP contribution in [0.1, 0.15) is 31.2 Å². The summed E-state index contributed by atoms with van der Waals surface area (Å²) >= 11 is 3.28. The van der Waals surface area contributed by atoms with E-state index in [0.717, 1.165) is 12.8 Å². The molecule has 0 amide bonds. The lowest BCUT2D eigenvalue weighted by atomic mass is 9.78. The first kappa shape index (κ1) is 12.7. The highest BCUT2D eigenvalue weighted by Gasteiger charge is 2.47. The Balaban J connectivity index is 2.22. The highest BCUT2D eigenvalue weighted by atomic mass is 79.9. The molecular weight excluding hydrogens is 319 g/mol. The number of ether oxygens (including phenoxy) is 2. The fraction of sp³-hybridized carbons (Fsp3) is 0.462. The predicted octanol–water partition coefficient (Wildman–Crippen LogP) is 3.21. The zero-order valence-electron chi connectivity index (χ0n) is 10.0. The molecule has 1 fully saturated rings. The second-order valence-corrected chi connectivity index (χ2v) is 5.73. The summed E-state index contributed by atoms with van der Waals surface area (Å²) in [6, 6.07) is 1.59. The maximum Gasteiger partial charge on any atom is 0.314 e. The number of benzene rings is 1. The van der Waals surface area contributed by atoms with Gasteiger partial charge in [0.1, 0.15) is 0 Å². The average Bonchev–Trinajstić information content (AvgIpc) is 2.97. The Kier molecular flexibility index (Phi) is 2.92. The third-order valence-corrected chi connectivity index (χ3v) is 4.53. The van der Waals surface area contributed by atoms with Crippen molar-refractivity contribution in [2.45, 2.75) is 31.1 Å². The molecule has 1 aliphatic heterocycles. The molecule has 1 aromatic rings. The summed E-state index contributed by atoms with van der Waals surface area (Å²) in [5.74, 6) is -1.27. The summed E-state index contributed by atoms with van der Waals surface area (Å²) in [4.78, 5) is 11.7. The van der Waals surface area contributed by atoms with Gasteiger partial charge in [0, 0.05) is 10.0 Å². The van der Waals surface area contributed by atoms with Gasteiger partial charge in [0.15, 0.2) is 11.6 Å². The molecule has 1 heterocycles. The number of aliphatic carboxylic acids is 1. The van der Waals surface area contributed by atoms with Crippen LogP contribution in [-0.2, 0) is 10.2 Å². The quantitative estimate of drug-likeness (QED) is 0.904. The maximum absolute atomic E-state index is 14.6. The molecule has 1 aliphatic carbocycles. The van der Waals surface area contributed by atoms with Gasteiger partial charge in [-0.05, 0) is 18.9 Å². The fourth-order valence-corrected chi connectivity index (χ4v) is 3.72. The van der Waals surface area contributed by atoms with Gasteiger partial charge in [0.05, 0.1) is 5.41 Å². The predicted molar refractivity (Wildman–Crippen MR) is 68.0 cm³/mol. The minimum Gasteiger partial charge on any atom is -0.481 e. The Bertz CT molecular complexity index is 552. The van der Waals surface area contributed by atoms with Crippen LogP contribution in [-0.4, -0.2) is 17.9 Å². The van der Waals surface area contributed by atoms with E-state index < -0.39 is 17.2 Å². The molecule has 1 saturated carbocycles. The van der Waals surface area contributed by atoms with Gasteiger partial charge < -0.3 is 14.6 Å². The first-order valence-electron chi connectivity index (χ1n) is 6.08. The molecule has 0 bridgehead atoms. The summed E-state index contributed by atoms with van der Waals surface area (Å²) < 4.78 is 25.3. The standard InChI is InChI=1S/C13H12BrFO4/c14-7-5-8-11(19-6-18-8)10(15)9(7)13(12(16)17)3-1-2-4-13/h5H,1-4,6H2,(H,16,17). The van der Waals surface area contributed by atoms with Gasteiger partial charge in [-0.3, -0.25) is 4.79 Å². The van der Waals surface area contributed by atoms with Crippen LogP contribution in [0.15, 0.2) is 10.5 Å². The molecule has 6 heteroatoms. The van der Waals surface area contributed by atoms with Crippen LogP contribution in [0.5, 0.6) is 11.5 Å². The molecule has 4 nitrogen and oxygen atoms in total. The van der Waals surface area contributed by atoms with Crippen LogP contribution in [0.25, 0.3) is 0 Å². The molecule has 0 saturated heterocycles. The lowest BCUT2D eigenvalue weighted by Crippen LogP contribution is -2.34. The van der Waals surface area contributed by atoms with Crippen molar-refractivity contribution in [2.75, 3.05) is 6.79 Å². The topological polar surface area (TPSA) is 55.8 Å². The zero-order valence-corrected chi connectivity index (χ0v) is 11.6. The van der Waals surface area contributed by atoms with E-state index in [1.165, 1.54) is 0 Å². The lowest BCUT2D eigenvalue weighted by Gasteiger charge is -2.26. The van der Waals surface area contributed by atoms with E-state index in [1.807, 2.05) is 0 Å². The largest absolute Gasteiger partial charge is 0.481 e. The third kappa shape index (κ3) is 1.73. The normalized spacial score (nSPS) is 19.7. The van der Waals surface area contributed by atoms with E-state index >= 15 is 0 Å². The van der Waals surface area contributed by atoms with Crippen molar-refractivity contribution in [2.24, 2.45) is 0 Å². The van der Waals surface area contributed by atoms with Gasteiger partial charge in [-0.1, -0.05) is 28.8 Å². The van der Waals surface area contributed by atoms with Crippen LogP contribution in [0.2, 0.25) is 0 Å². The van der Waals surface area contributed by atoms with Crippen molar-refractivity contribution in [3.05, 3.63) is 21.9 Å². The molecule has 2 aliphatic rings. The first-order chi connectivity index (χ1) is 9.06. The molecule has 0 atom stereocenters. The van der Waals surface area contributed by atoms with Crippen molar-refractivity contribution in [1.29, 1.82) is 0 Å². The van der Waals surface area contributed by atoms with Gasteiger partial charge >= 0.3 is 5.97 Å². The summed E-state index contributed by atoms with van der Waals surface area (Å²) in [5, 5.41) is 9.56. The number of fused-ring (bicyclic) bond motifs is 1. The summed E-state index contributed by atoms with van der Waals surface area (Å²) in [7, 11) is 0. The minimum atomic E-state index is -1.16. The summed E-state index contributed by atoms with van der Waals surface area (Å²) in [6.45, 7) is -0.0395. The van der Waals surface area contributed by atoms with Gasteiger partial charge in [-0.15, -0.1) is 0 Å². The van der Waals surface area contributed by atoms with Gasteiger partial charge in [0.2, 0.25) is 12.5 Å². The van der Waals surface area contributed by atoms with Crippen molar-refractivity contribution in [3.63, 3.8) is 0 Å². The second kappa shape index (κ2) is 4.37. The molecular formula is C13H12BrFO4. The average molecular weight is 331 g/mol. The molecule has 0 spiro atoms. The summed E-state index contributed by atoms with van der Waals surface area (Å²) in [5.41, 5.74) is -0.981. The van der Waals surface area contributed by atoms with E-state index in [2.05, 4.69) is 15.9 Å². The number of hydrogen-bond acceptors (Lipinski definition) is 3. The van der Waals surface area contributed by atoms with E-state index in [-0.39, 0.29) is 18.1 Å². The monoisotopic (exact) mass is 330 g/mol. The van der Waals surface area contributed by atoms with Crippen molar-refractivity contribution < 1.29 is 23.8 Å². The Morgan fingerprint density at radius 3 is 2.68 bits per heavy atom. The molecule has 102 valence electrons. The van der Waals surface area contributed by atoms with Crippen LogP contribution in [0, 0.1) is 5.82 Å². The summed E-state index contributed by atoms with van der Waals surface area (Å²) in [6.07, 6.45) is 2.45. The minimum absolute atomic E-state index is 0.0192. The third-order valence-electron chi connectivity index (χ3n) is 3.90. The Hall–Kier alpha value is -1.30. The van der Waals surface area contributed by atoms with Crippen LogP contribution < -0.4 is 9.47 Å². The van der Waals surface area contributed by atoms with Crippen LogP contribution in [0.4, 0.5) is 4.39 Å². The lowest BCUT2D eigenvalue weighted by molar-refractivity contribution is -0.143. The van der Waals surface area contributed by atoms with E-state index in [9.17, 15) is 14.3 Å². The maximum atomic E-state index is 14.6. The fourth-order valence-electron chi connectivity index (χ4n) is 2.96. The number of halogens is 2. The molecule has 1 aromatic carbocycles. The Labute approximate surface area is 117 Å². The number of hydrogen-bond donors (Lipinski definition) is 1. The number of carboxylic acids is 1. The SMILES string of the molecule is O=C(O)C1(c2c(Br)cc3c(c2F)OCO3)CCCC1. The second-order valence-electron chi connectivity index (χ2n) is 4.88. The van der Waals surface area contributed by atoms with Gasteiger partial charge in [0.25, 0.3) is 0 Å². The van der Waals surface area contributed by atoms with Gasteiger partial charge in [-0.2, -0.15) is 0 Å². The number of carboxylic acid groups (broad SMARTS) is 1. The van der Waals surface area contributed by atoms with E-state index in [1.54, 1.807) is 6.07 Å². The van der Waals surface area contributed by atoms with Crippen LogP contribution in [0.3, 0.4) is 0 Å². The number of carbonyl (C=O) groups is 1. The Morgan fingerprint density at radius 1 is 1.37 bits per heavy atom. The van der Waals surface area contributed by atoms with E-state index in [0.29, 0.717) is 23.1 Å². The van der Waals surface area contributed by atoms with Crippen molar-refractivity contribution in [1.82, 2.24) is 0 Å². The highest BCUT2D eigenvalue weighted by Crippen LogP contribution is 2.50. The highest BCUT2D eigenvalue weighted by molar-refractivity contribution is 9.10. The molecule has 0 unspecified atom stereocenters. The molecule has 3 rings (SSSR count). The van der Waals surface area contributed by atoms with E-state index in [4.69, 9.17) is 9.47 Å². The zero-order chi connectivity index (χ0) is 13.6. The molecule has 0 radical (unpaired) electrons. The Morgan fingerprint density at radius 2 is 2.05 bits per heavy atom. The molecule has 1 N–H and O–H groups in total.